The Bertz CT molecular complexity index is 850. The minimum atomic E-state index is -0.301. The average molecular weight is 366 g/mol. The van der Waals surface area contributed by atoms with Crippen LogP contribution in [0.15, 0.2) is 48.5 Å². The fourth-order valence-corrected chi connectivity index (χ4v) is 3.68. The summed E-state index contributed by atoms with van der Waals surface area (Å²) in [4.78, 5) is 28.7. The first kappa shape index (κ1) is 17.4. The third-order valence-corrected chi connectivity index (χ3v) is 5.17. The Morgan fingerprint density at radius 3 is 2.74 bits per heavy atom. The molecule has 0 radical (unpaired) electrons. The Balaban J connectivity index is 1.55. The molecule has 2 aliphatic heterocycles. The normalized spacial score (nSPS) is 18.9. The number of anilines is 1. The van der Waals surface area contributed by atoms with Crippen molar-refractivity contribution in [3.8, 4) is 5.75 Å². The minimum absolute atomic E-state index is 0.0322. The topological polar surface area (TPSA) is 59.1 Å². The molecule has 0 aliphatic carbocycles. The SMILES string of the molecule is COc1ccc(CC(=O)N2CCC3COC(=O)N3c3ccccc3C2)cc1. The van der Waals surface area contributed by atoms with Crippen molar-refractivity contribution in [3.05, 3.63) is 59.7 Å². The van der Waals surface area contributed by atoms with Gasteiger partial charge in [0, 0.05) is 13.1 Å². The van der Waals surface area contributed by atoms with Crippen LogP contribution in [0.5, 0.6) is 5.75 Å². The van der Waals surface area contributed by atoms with Gasteiger partial charge in [-0.2, -0.15) is 0 Å². The van der Waals surface area contributed by atoms with Gasteiger partial charge in [-0.05, 0) is 35.7 Å². The van der Waals surface area contributed by atoms with E-state index in [1.807, 2.05) is 53.4 Å². The van der Waals surface area contributed by atoms with E-state index in [0.717, 1.165) is 22.6 Å². The first-order valence-electron chi connectivity index (χ1n) is 9.10. The highest BCUT2D eigenvalue weighted by Gasteiger charge is 2.37. The standard InChI is InChI=1S/C21H22N2O4/c1-26-18-8-6-15(7-9-18)12-20(24)22-11-10-17-14-27-21(25)23(17)19-5-3-2-4-16(19)13-22/h2-9,17H,10-14H2,1H3. The Morgan fingerprint density at radius 1 is 1.19 bits per heavy atom. The smallest absolute Gasteiger partial charge is 0.414 e. The quantitative estimate of drug-likeness (QED) is 0.838. The van der Waals surface area contributed by atoms with Crippen LogP contribution in [0.3, 0.4) is 0 Å². The molecular weight excluding hydrogens is 344 g/mol. The van der Waals surface area contributed by atoms with Crippen molar-refractivity contribution < 1.29 is 19.1 Å². The molecule has 1 unspecified atom stereocenters. The molecule has 0 N–H and O–H groups in total. The number of hydrogen-bond donors (Lipinski definition) is 0. The number of benzene rings is 2. The van der Waals surface area contributed by atoms with Gasteiger partial charge in [-0.15, -0.1) is 0 Å². The van der Waals surface area contributed by atoms with Crippen molar-refractivity contribution in [2.45, 2.75) is 25.4 Å². The number of cyclic esters (lactones) is 1. The van der Waals surface area contributed by atoms with Crippen LogP contribution in [0.1, 0.15) is 17.5 Å². The zero-order valence-corrected chi connectivity index (χ0v) is 15.3. The van der Waals surface area contributed by atoms with Crippen LogP contribution in [-0.4, -0.2) is 43.2 Å². The molecule has 0 bridgehead atoms. The number of rotatable bonds is 3. The van der Waals surface area contributed by atoms with E-state index in [2.05, 4.69) is 0 Å². The maximum Gasteiger partial charge on any atom is 0.414 e. The minimum Gasteiger partial charge on any atom is -0.497 e. The average Bonchev–Trinajstić information content (AvgIpc) is 3.03. The van der Waals surface area contributed by atoms with Crippen molar-refractivity contribution >= 4 is 17.7 Å². The molecule has 2 aromatic rings. The molecule has 2 amide bonds. The molecule has 1 fully saturated rings. The molecule has 0 spiro atoms. The molecule has 2 aromatic carbocycles. The number of fused-ring (bicyclic) bond motifs is 3. The lowest BCUT2D eigenvalue weighted by Gasteiger charge is -2.32. The van der Waals surface area contributed by atoms with Gasteiger partial charge in [-0.1, -0.05) is 30.3 Å². The summed E-state index contributed by atoms with van der Waals surface area (Å²) in [6.07, 6.45) is 0.746. The highest BCUT2D eigenvalue weighted by Crippen LogP contribution is 2.31. The lowest BCUT2D eigenvalue weighted by molar-refractivity contribution is -0.131. The summed E-state index contributed by atoms with van der Waals surface area (Å²) in [7, 11) is 1.62. The predicted octanol–water partition coefficient (Wildman–Crippen LogP) is 3.00. The van der Waals surface area contributed by atoms with Crippen LogP contribution in [0, 0.1) is 0 Å². The summed E-state index contributed by atoms with van der Waals surface area (Å²) < 4.78 is 10.4. The largest absolute Gasteiger partial charge is 0.497 e. The van der Waals surface area contributed by atoms with Gasteiger partial charge >= 0.3 is 6.09 Å². The van der Waals surface area contributed by atoms with Crippen molar-refractivity contribution in [2.24, 2.45) is 0 Å². The van der Waals surface area contributed by atoms with Crippen molar-refractivity contribution in [1.29, 1.82) is 0 Å². The van der Waals surface area contributed by atoms with Crippen molar-refractivity contribution in [2.75, 3.05) is 25.2 Å². The molecule has 1 saturated heterocycles. The Morgan fingerprint density at radius 2 is 1.96 bits per heavy atom. The number of nitrogens with zero attached hydrogens (tertiary/aromatic N) is 2. The van der Waals surface area contributed by atoms with Gasteiger partial charge in [0.05, 0.1) is 25.3 Å². The zero-order valence-electron chi connectivity index (χ0n) is 15.3. The molecule has 4 rings (SSSR count). The summed E-state index contributed by atoms with van der Waals surface area (Å²) >= 11 is 0. The summed E-state index contributed by atoms with van der Waals surface area (Å²) in [5.41, 5.74) is 2.76. The predicted molar refractivity (Wildman–Crippen MR) is 101 cm³/mol. The van der Waals surface area contributed by atoms with Crippen molar-refractivity contribution in [1.82, 2.24) is 4.90 Å². The third-order valence-electron chi connectivity index (χ3n) is 5.17. The second-order valence-electron chi connectivity index (χ2n) is 6.86. The van der Waals surface area contributed by atoms with Gasteiger partial charge in [0.25, 0.3) is 0 Å². The summed E-state index contributed by atoms with van der Waals surface area (Å²) in [6.45, 7) is 1.45. The van der Waals surface area contributed by atoms with E-state index >= 15 is 0 Å². The molecule has 1 atom stereocenters. The molecular formula is C21H22N2O4. The van der Waals surface area contributed by atoms with E-state index in [4.69, 9.17) is 9.47 Å². The molecule has 140 valence electrons. The molecule has 6 heteroatoms. The number of amides is 2. The fraction of sp³-hybridized carbons (Fsp3) is 0.333. The second kappa shape index (κ2) is 7.31. The van der Waals surface area contributed by atoms with Gasteiger partial charge in [0.2, 0.25) is 5.91 Å². The maximum absolute atomic E-state index is 12.9. The maximum atomic E-state index is 12.9. The van der Waals surface area contributed by atoms with Crippen LogP contribution < -0.4 is 9.64 Å². The molecule has 0 saturated carbocycles. The van der Waals surface area contributed by atoms with Crippen molar-refractivity contribution in [3.63, 3.8) is 0 Å². The van der Waals surface area contributed by atoms with Gasteiger partial charge in [0.1, 0.15) is 12.4 Å². The van der Waals surface area contributed by atoms with E-state index in [1.165, 1.54) is 0 Å². The Kier molecular flexibility index (Phi) is 4.71. The highest BCUT2D eigenvalue weighted by molar-refractivity contribution is 5.91. The zero-order chi connectivity index (χ0) is 18.8. The first-order valence-corrected chi connectivity index (χ1v) is 9.10. The summed E-state index contributed by atoms with van der Waals surface area (Å²) in [5.74, 6) is 0.853. The van der Waals surface area contributed by atoms with Crippen LogP contribution in [-0.2, 0) is 22.5 Å². The highest BCUT2D eigenvalue weighted by atomic mass is 16.6. The van der Waals surface area contributed by atoms with Gasteiger partial charge in [-0.3, -0.25) is 9.69 Å². The van der Waals surface area contributed by atoms with E-state index in [9.17, 15) is 9.59 Å². The van der Waals surface area contributed by atoms with Crippen LogP contribution >= 0.6 is 0 Å². The summed E-state index contributed by atoms with van der Waals surface area (Å²) in [6, 6.07) is 15.3. The number of hydrogen-bond acceptors (Lipinski definition) is 4. The number of methoxy groups -OCH3 is 1. The number of carbonyl (C=O) groups is 2. The lowest BCUT2D eigenvalue weighted by atomic mass is 10.0. The van der Waals surface area contributed by atoms with Crippen LogP contribution in [0.4, 0.5) is 10.5 Å². The second-order valence-corrected chi connectivity index (χ2v) is 6.86. The molecule has 0 aromatic heterocycles. The molecule has 2 heterocycles. The Labute approximate surface area is 158 Å². The fourth-order valence-electron chi connectivity index (χ4n) is 3.68. The van der Waals surface area contributed by atoms with Crippen LogP contribution in [0.2, 0.25) is 0 Å². The molecule has 27 heavy (non-hydrogen) atoms. The summed E-state index contributed by atoms with van der Waals surface area (Å²) in [5, 5.41) is 0. The van der Waals surface area contributed by atoms with E-state index < -0.39 is 0 Å². The van der Waals surface area contributed by atoms with E-state index in [-0.39, 0.29) is 18.0 Å². The lowest BCUT2D eigenvalue weighted by Crippen LogP contribution is -2.42. The number of para-hydroxylation sites is 1. The monoisotopic (exact) mass is 366 g/mol. The van der Waals surface area contributed by atoms with Gasteiger partial charge in [-0.25, -0.2) is 4.79 Å². The molecule has 6 nitrogen and oxygen atoms in total. The van der Waals surface area contributed by atoms with E-state index in [1.54, 1.807) is 12.0 Å². The third kappa shape index (κ3) is 3.47. The van der Waals surface area contributed by atoms with Gasteiger partial charge in [0.15, 0.2) is 0 Å². The number of ether oxygens (including phenoxy) is 2. The van der Waals surface area contributed by atoms with Crippen LogP contribution in [0.25, 0.3) is 0 Å². The number of carbonyl (C=O) groups excluding carboxylic acids is 2. The molecule has 2 aliphatic rings. The Hall–Kier alpha value is -3.02. The van der Waals surface area contributed by atoms with Gasteiger partial charge < -0.3 is 14.4 Å². The van der Waals surface area contributed by atoms with E-state index in [0.29, 0.717) is 32.5 Å². The first-order chi connectivity index (χ1) is 13.2.